The summed E-state index contributed by atoms with van der Waals surface area (Å²) in [5.41, 5.74) is 2.11. The lowest BCUT2D eigenvalue weighted by molar-refractivity contribution is -0.109. The zero-order valence-electron chi connectivity index (χ0n) is 19.7. The van der Waals surface area contributed by atoms with Crippen molar-refractivity contribution < 1.29 is 4.74 Å². The number of nitrogens with zero attached hydrogens (tertiary/aromatic N) is 3. The summed E-state index contributed by atoms with van der Waals surface area (Å²) in [7, 11) is 3.69. The molecule has 0 aromatic carbocycles. The van der Waals surface area contributed by atoms with Gasteiger partial charge in [-0.3, -0.25) is 14.9 Å². The second kappa shape index (κ2) is 9.43. The Kier molecular flexibility index (Phi) is 7.68. The SMILES string of the molecule is CCOC(C)(C)C1(CCNC(=NC)NC)CCN(C(C)(C)c2ccc(C)nc2)C1. The van der Waals surface area contributed by atoms with E-state index < -0.39 is 0 Å². The molecule has 0 aliphatic carbocycles. The van der Waals surface area contributed by atoms with Gasteiger partial charge in [0, 0.05) is 56.6 Å². The largest absolute Gasteiger partial charge is 0.375 e. The highest BCUT2D eigenvalue weighted by atomic mass is 16.5. The summed E-state index contributed by atoms with van der Waals surface area (Å²) in [5.74, 6) is 0.829. The highest BCUT2D eigenvalue weighted by Gasteiger charge is 2.52. The standard InChI is InChI=1S/C23H41N5O/c1-9-29-22(5,6)23(12-14-26-20(24-7)25-8)13-15-28(17-23)21(3,4)19-11-10-18(2)27-16-19/h10-11,16H,9,12-15,17H2,1-8H3,(H2,24,25,26). The molecule has 1 aromatic rings. The molecule has 1 fully saturated rings. The molecular weight excluding hydrogens is 362 g/mol. The van der Waals surface area contributed by atoms with Crippen LogP contribution in [0.2, 0.25) is 0 Å². The maximum Gasteiger partial charge on any atom is 0.190 e. The van der Waals surface area contributed by atoms with Gasteiger partial charge in [-0.1, -0.05) is 6.07 Å². The molecule has 1 atom stereocenters. The van der Waals surface area contributed by atoms with E-state index in [2.05, 4.69) is 72.3 Å². The number of nitrogens with one attached hydrogen (secondary N) is 2. The highest BCUT2D eigenvalue weighted by molar-refractivity contribution is 5.79. The summed E-state index contributed by atoms with van der Waals surface area (Å²) < 4.78 is 6.30. The van der Waals surface area contributed by atoms with Gasteiger partial charge in [0.2, 0.25) is 0 Å². The summed E-state index contributed by atoms with van der Waals surface area (Å²) in [4.78, 5) is 11.4. The first-order chi connectivity index (χ1) is 13.6. The molecule has 6 heteroatoms. The van der Waals surface area contributed by atoms with E-state index in [0.717, 1.165) is 50.7 Å². The topological polar surface area (TPSA) is 61.8 Å². The van der Waals surface area contributed by atoms with Gasteiger partial charge in [0.05, 0.1) is 5.60 Å². The number of rotatable bonds is 8. The van der Waals surface area contributed by atoms with Crippen LogP contribution in [0.25, 0.3) is 0 Å². The third-order valence-corrected chi connectivity index (χ3v) is 6.90. The second-order valence-electron chi connectivity index (χ2n) is 9.14. The third kappa shape index (κ3) is 5.10. The van der Waals surface area contributed by atoms with E-state index in [1.165, 1.54) is 5.56 Å². The summed E-state index contributed by atoms with van der Waals surface area (Å²) >= 11 is 0. The summed E-state index contributed by atoms with van der Waals surface area (Å²) in [6.07, 6.45) is 4.17. The van der Waals surface area contributed by atoms with Gasteiger partial charge in [0.1, 0.15) is 0 Å². The first-order valence-corrected chi connectivity index (χ1v) is 10.8. The van der Waals surface area contributed by atoms with E-state index in [9.17, 15) is 0 Å². The molecule has 1 unspecified atom stereocenters. The predicted molar refractivity (Wildman–Crippen MR) is 121 cm³/mol. The number of guanidine groups is 1. The van der Waals surface area contributed by atoms with E-state index in [4.69, 9.17) is 4.74 Å². The maximum atomic E-state index is 6.30. The van der Waals surface area contributed by atoms with Crippen molar-refractivity contribution in [3.05, 3.63) is 29.6 Å². The average molecular weight is 404 g/mol. The average Bonchev–Trinajstić information content (AvgIpc) is 3.13. The monoisotopic (exact) mass is 403 g/mol. The van der Waals surface area contributed by atoms with Gasteiger partial charge in [0.15, 0.2) is 5.96 Å². The van der Waals surface area contributed by atoms with Crippen LogP contribution in [-0.4, -0.2) is 61.8 Å². The molecule has 2 heterocycles. The number of hydrogen-bond acceptors (Lipinski definition) is 4. The van der Waals surface area contributed by atoms with Gasteiger partial charge < -0.3 is 15.4 Å². The minimum atomic E-state index is -0.205. The number of hydrogen-bond donors (Lipinski definition) is 2. The smallest absolute Gasteiger partial charge is 0.190 e. The van der Waals surface area contributed by atoms with Gasteiger partial charge in [-0.05, 0) is 72.6 Å². The number of aryl methyl sites for hydroxylation is 1. The molecule has 1 aromatic heterocycles. The molecule has 1 aliphatic rings. The predicted octanol–water partition coefficient (Wildman–Crippen LogP) is 3.32. The van der Waals surface area contributed by atoms with Crippen LogP contribution in [0.1, 0.15) is 58.7 Å². The number of ether oxygens (including phenoxy) is 1. The number of pyridine rings is 1. The summed E-state index contributed by atoms with van der Waals surface area (Å²) in [5, 5.41) is 6.53. The molecule has 0 radical (unpaired) electrons. The summed E-state index contributed by atoms with van der Waals surface area (Å²) in [6, 6.07) is 4.33. The summed E-state index contributed by atoms with van der Waals surface area (Å²) in [6.45, 7) is 16.9. The van der Waals surface area contributed by atoms with E-state index >= 15 is 0 Å². The van der Waals surface area contributed by atoms with Crippen molar-refractivity contribution in [2.45, 2.75) is 65.5 Å². The fraction of sp³-hybridized carbons (Fsp3) is 0.739. The molecular formula is C23H41N5O. The first-order valence-electron chi connectivity index (χ1n) is 10.8. The van der Waals surface area contributed by atoms with Gasteiger partial charge in [0.25, 0.3) is 0 Å². The maximum absolute atomic E-state index is 6.30. The molecule has 164 valence electrons. The lowest BCUT2D eigenvalue weighted by atomic mass is 9.70. The van der Waals surface area contributed by atoms with Crippen LogP contribution in [0.5, 0.6) is 0 Å². The van der Waals surface area contributed by atoms with Crippen molar-refractivity contribution in [1.82, 2.24) is 20.5 Å². The molecule has 1 saturated heterocycles. The van der Waals surface area contributed by atoms with Crippen molar-refractivity contribution in [2.75, 3.05) is 40.3 Å². The van der Waals surface area contributed by atoms with Gasteiger partial charge >= 0.3 is 0 Å². The fourth-order valence-corrected chi connectivity index (χ4v) is 4.57. The van der Waals surface area contributed by atoms with Crippen LogP contribution in [-0.2, 0) is 10.3 Å². The van der Waals surface area contributed by atoms with E-state index in [-0.39, 0.29) is 16.6 Å². The number of aliphatic imine (C=N–C) groups is 1. The molecule has 0 amide bonds. The Morgan fingerprint density at radius 2 is 2.03 bits per heavy atom. The Hall–Kier alpha value is -1.66. The van der Waals surface area contributed by atoms with Gasteiger partial charge in [-0.25, -0.2) is 0 Å². The normalized spacial score (nSPS) is 21.4. The Balaban J connectivity index is 2.23. The first kappa shape index (κ1) is 23.6. The molecule has 0 spiro atoms. The Morgan fingerprint density at radius 3 is 2.59 bits per heavy atom. The van der Waals surface area contributed by atoms with Gasteiger partial charge in [-0.15, -0.1) is 0 Å². The Bertz CT molecular complexity index is 683. The van der Waals surface area contributed by atoms with Crippen LogP contribution in [0.4, 0.5) is 0 Å². The Labute approximate surface area is 177 Å². The van der Waals surface area contributed by atoms with Gasteiger partial charge in [-0.2, -0.15) is 0 Å². The zero-order valence-corrected chi connectivity index (χ0v) is 19.7. The zero-order chi connectivity index (χ0) is 21.7. The molecule has 6 nitrogen and oxygen atoms in total. The highest BCUT2D eigenvalue weighted by Crippen LogP contribution is 2.48. The van der Waals surface area contributed by atoms with Crippen LogP contribution in [0, 0.1) is 12.3 Å². The van der Waals surface area contributed by atoms with E-state index in [0.29, 0.717) is 0 Å². The number of likely N-dealkylation sites (tertiary alicyclic amines) is 1. The van der Waals surface area contributed by atoms with Crippen molar-refractivity contribution in [3.63, 3.8) is 0 Å². The molecule has 29 heavy (non-hydrogen) atoms. The van der Waals surface area contributed by atoms with Crippen LogP contribution in [0.15, 0.2) is 23.3 Å². The van der Waals surface area contributed by atoms with Crippen LogP contribution < -0.4 is 10.6 Å². The molecule has 2 N–H and O–H groups in total. The minimum Gasteiger partial charge on any atom is -0.375 e. The minimum absolute atomic E-state index is 0.0675. The van der Waals surface area contributed by atoms with Crippen molar-refractivity contribution >= 4 is 5.96 Å². The fourth-order valence-electron chi connectivity index (χ4n) is 4.57. The lowest BCUT2D eigenvalue weighted by Gasteiger charge is -2.46. The number of aromatic nitrogens is 1. The van der Waals surface area contributed by atoms with Crippen LogP contribution >= 0.6 is 0 Å². The van der Waals surface area contributed by atoms with Crippen molar-refractivity contribution in [1.29, 1.82) is 0 Å². The third-order valence-electron chi connectivity index (χ3n) is 6.90. The molecule has 0 bridgehead atoms. The van der Waals surface area contributed by atoms with Crippen molar-refractivity contribution in [3.8, 4) is 0 Å². The van der Waals surface area contributed by atoms with E-state index in [1.807, 2.05) is 20.2 Å². The van der Waals surface area contributed by atoms with Crippen molar-refractivity contribution in [2.24, 2.45) is 10.4 Å². The quantitative estimate of drug-likeness (QED) is 0.515. The Morgan fingerprint density at radius 1 is 1.31 bits per heavy atom. The second-order valence-corrected chi connectivity index (χ2v) is 9.14. The van der Waals surface area contributed by atoms with Crippen LogP contribution in [0.3, 0.4) is 0 Å². The molecule has 1 aliphatic heterocycles. The molecule has 2 rings (SSSR count). The molecule has 0 saturated carbocycles. The van der Waals surface area contributed by atoms with E-state index in [1.54, 1.807) is 7.05 Å². The lowest BCUT2D eigenvalue weighted by Crippen LogP contribution is -2.51.